The third-order valence-corrected chi connectivity index (χ3v) is 7.24. The van der Waals surface area contributed by atoms with Gasteiger partial charge in [0, 0.05) is 15.2 Å². The second kappa shape index (κ2) is 5.76. The molecule has 0 amide bonds. The van der Waals surface area contributed by atoms with Gasteiger partial charge < -0.3 is 4.90 Å². The quantitative estimate of drug-likeness (QED) is 0.302. The zero-order valence-electron chi connectivity index (χ0n) is 15.6. The van der Waals surface area contributed by atoms with E-state index in [2.05, 4.69) is 109 Å². The molecule has 0 saturated heterocycles. The highest BCUT2D eigenvalue weighted by Crippen LogP contribution is 2.61. The average Bonchev–Trinajstić information content (AvgIpc) is 2.77. The summed E-state index contributed by atoms with van der Waals surface area (Å²) in [4.78, 5) is 5.11. The van der Waals surface area contributed by atoms with Crippen LogP contribution in [0.3, 0.4) is 0 Å². The molecule has 1 unspecified atom stereocenters. The highest BCUT2D eigenvalue weighted by molar-refractivity contribution is 7.99. The van der Waals surface area contributed by atoms with E-state index in [1.165, 1.54) is 43.5 Å². The Morgan fingerprint density at radius 3 is 2.11 bits per heavy atom. The lowest BCUT2D eigenvalue weighted by molar-refractivity contribution is 0.677. The number of benzene rings is 4. The summed E-state index contributed by atoms with van der Waals surface area (Å²) in [6.07, 6.45) is 0. The molecule has 0 fully saturated rings. The smallest absolute Gasteiger partial charge is 0.0646 e. The maximum absolute atomic E-state index is 2.47. The molecule has 6 rings (SSSR count). The van der Waals surface area contributed by atoms with Crippen molar-refractivity contribution < 1.29 is 0 Å². The van der Waals surface area contributed by atoms with Crippen LogP contribution in [0.2, 0.25) is 0 Å². The maximum atomic E-state index is 2.47. The van der Waals surface area contributed by atoms with Gasteiger partial charge in [-0.3, -0.25) is 0 Å². The van der Waals surface area contributed by atoms with E-state index in [4.69, 9.17) is 0 Å². The van der Waals surface area contributed by atoms with E-state index in [1.54, 1.807) is 0 Å². The predicted molar refractivity (Wildman–Crippen MR) is 117 cm³/mol. The molecule has 0 radical (unpaired) electrons. The minimum Gasteiger partial charge on any atom is -0.308 e. The number of nitrogens with zero attached hydrogens (tertiary/aromatic N) is 1. The van der Waals surface area contributed by atoms with E-state index in [1.807, 2.05) is 11.8 Å². The molecule has 0 aliphatic carbocycles. The van der Waals surface area contributed by atoms with Crippen LogP contribution >= 0.6 is 11.8 Å². The summed E-state index contributed by atoms with van der Waals surface area (Å²) in [7, 11) is 0. The molecule has 28 heavy (non-hydrogen) atoms. The lowest BCUT2D eigenvalue weighted by atomic mass is 9.67. The van der Waals surface area contributed by atoms with Crippen molar-refractivity contribution in [2.24, 2.45) is 0 Å². The molecule has 1 atom stereocenters. The largest absolute Gasteiger partial charge is 0.308 e. The van der Waals surface area contributed by atoms with Crippen LogP contribution in [0.5, 0.6) is 0 Å². The summed E-state index contributed by atoms with van der Waals surface area (Å²) in [6.45, 7) is 2.37. The van der Waals surface area contributed by atoms with Gasteiger partial charge in [0.25, 0.3) is 0 Å². The molecular weight excluding hydrogens is 358 g/mol. The van der Waals surface area contributed by atoms with Crippen LogP contribution in [0.15, 0.2) is 107 Å². The monoisotopic (exact) mass is 377 g/mol. The number of rotatable bonds is 1. The zero-order valence-corrected chi connectivity index (χ0v) is 16.4. The van der Waals surface area contributed by atoms with Crippen LogP contribution in [-0.2, 0) is 5.41 Å². The van der Waals surface area contributed by atoms with Crippen molar-refractivity contribution >= 4 is 28.8 Å². The van der Waals surface area contributed by atoms with Crippen molar-refractivity contribution in [3.8, 4) is 0 Å². The summed E-state index contributed by atoms with van der Waals surface area (Å²) in [5, 5.41) is 0. The van der Waals surface area contributed by atoms with E-state index in [9.17, 15) is 0 Å². The molecular formula is C26H19NS. The highest BCUT2D eigenvalue weighted by atomic mass is 32.2. The van der Waals surface area contributed by atoms with E-state index < -0.39 is 0 Å². The van der Waals surface area contributed by atoms with Gasteiger partial charge in [0.1, 0.15) is 0 Å². The van der Waals surface area contributed by atoms with Crippen molar-refractivity contribution in [3.05, 3.63) is 114 Å². The number of fused-ring (bicyclic) bond motifs is 4. The molecule has 2 heteroatoms. The molecule has 0 aromatic heterocycles. The lowest BCUT2D eigenvalue weighted by Gasteiger charge is -2.46. The fourth-order valence-corrected chi connectivity index (χ4v) is 5.87. The Hall–Kier alpha value is -2.97. The van der Waals surface area contributed by atoms with Crippen molar-refractivity contribution in [2.45, 2.75) is 22.1 Å². The topological polar surface area (TPSA) is 3.24 Å². The Labute approximate surface area is 169 Å². The van der Waals surface area contributed by atoms with Crippen LogP contribution < -0.4 is 4.90 Å². The molecule has 0 saturated carbocycles. The number of para-hydroxylation sites is 3. The summed E-state index contributed by atoms with van der Waals surface area (Å²) >= 11 is 1.88. The van der Waals surface area contributed by atoms with Gasteiger partial charge in [-0.2, -0.15) is 0 Å². The van der Waals surface area contributed by atoms with Crippen molar-refractivity contribution in [3.63, 3.8) is 0 Å². The molecule has 4 aromatic carbocycles. The Morgan fingerprint density at radius 2 is 1.25 bits per heavy atom. The Kier molecular flexibility index (Phi) is 3.30. The van der Waals surface area contributed by atoms with E-state index >= 15 is 0 Å². The van der Waals surface area contributed by atoms with Crippen LogP contribution in [-0.4, -0.2) is 0 Å². The normalized spacial score (nSPS) is 18.8. The Morgan fingerprint density at radius 1 is 0.607 bits per heavy atom. The maximum Gasteiger partial charge on any atom is 0.0646 e. The molecule has 2 heterocycles. The van der Waals surface area contributed by atoms with Gasteiger partial charge in [0.15, 0.2) is 0 Å². The first kappa shape index (κ1) is 16.0. The zero-order chi connectivity index (χ0) is 18.7. The van der Waals surface area contributed by atoms with Gasteiger partial charge >= 0.3 is 0 Å². The third-order valence-electron chi connectivity index (χ3n) is 6.12. The lowest BCUT2D eigenvalue weighted by Crippen LogP contribution is -2.35. The molecule has 4 aromatic rings. The first-order chi connectivity index (χ1) is 13.8. The van der Waals surface area contributed by atoms with Gasteiger partial charge in [0.2, 0.25) is 0 Å². The number of anilines is 3. The summed E-state index contributed by atoms with van der Waals surface area (Å²) in [5.41, 5.74) is 7.75. The second-order valence-corrected chi connectivity index (χ2v) is 8.65. The minimum absolute atomic E-state index is 0.188. The molecule has 0 bridgehead atoms. The first-order valence-corrected chi connectivity index (χ1v) is 10.5. The second-order valence-electron chi connectivity index (χ2n) is 7.57. The SMILES string of the molecule is CC1(c2ccccc2)c2ccccc2N2c3ccccc3Sc3cccc1c32. The van der Waals surface area contributed by atoms with E-state index in [-0.39, 0.29) is 5.41 Å². The number of hydrogen-bond acceptors (Lipinski definition) is 2. The van der Waals surface area contributed by atoms with E-state index in [0.717, 1.165) is 0 Å². The average molecular weight is 378 g/mol. The first-order valence-electron chi connectivity index (χ1n) is 9.64. The molecule has 2 aliphatic rings. The molecule has 2 aliphatic heterocycles. The minimum atomic E-state index is -0.188. The van der Waals surface area contributed by atoms with Crippen molar-refractivity contribution in [2.75, 3.05) is 4.90 Å². The standard InChI is InChI=1S/C26H19NS/c1-26(18-10-3-2-4-11-18)19-12-5-6-14-21(19)27-22-15-7-8-16-23(22)28-24-17-9-13-20(26)25(24)27/h2-17H,1H3. The molecule has 0 N–H and O–H groups in total. The van der Waals surface area contributed by atoms with E-state index in [0.29, 0.717) is 0 Å². The van der Waals surface area contributed by atoms with Crippen LogP contribution in [0, 0.1) is 0 Å². The molecule has 134 valence electrons. The van der Waals surface area contributed by atoms with Crippen LogP contribution in [0.25, 0.3) is 0 Å². The Balaban J connectivity index is 1.75. The molecule has 1 nitrogen and oxygen atoms in total. The van der Waals surface area contributed by atoms with Gasteiger partial charge in [-0.15, -0.1) is 0 Å². The van der Waals surface area contributed by atoms with Gasteiger partial charge in [-0.1, -0.05) is 84.6 Å². The highest BCUT2D eigenvalue weighted by Gasteiger charge is 2.43. The fourth-order valence-electron chi connectivity index (χ4n) is 4.78. The van der Waals surface area contributed by atoms with Crippen molar-refractivity contribution in [1.29, 1.82) is 0 Å². The summed E-state index contributed by atoms with van der Waals surface area (Å²) in [5.74, 6) is 0. The van der Waals surface area contributed by atoms with Gasteiger partial charge in [-0.05, 0) is 47.9 Å². The summed E-state index contributed by atoms with van der Waals surface area (Å²) < 4.78 is 0. The number of hydrogen-bond donors (Lipinski definition) is 0. The van der Waals surface area contributed by atoms with Crippen LogP contribution in [0.1, 0.15) is 23.6 Å². The van der Waals surface area contributed by atoms with Gasteiger partial charge in [-0.25, -0.2) is 0 Å². The van der Waals surface area contributed by atoms with Crippen LogP contribution in [0.4, 0.5) is 17.1 Å². The van der Waals surface area contributed by atoms with Crippen molar-refractivity contribution in [1.82, 2.24) is 0 Å². The molecule has 0 spiro atoms. The Bertz CT molecular complexity index is 1210. The summed E-state index contributed by atoms with van der Waals surface area (Å²) in [6, 6.07) is 35.3. The fraction of sp³-hybridized carbons (Fsp3) is 0.0769. The van der Waals surface area contributed by atoms with Gasteiger partial charge in [0.05, 0.1) is 17.1 Å². The predicted octanol–water partition coefficient (Wildman–Crippen LogP) is 7.29. The third kappa shape index (κ3) is 1.99.